The summed E-state index contributed by atoms with van der Waals surface area (Å²) in [5.41, 5.74) is 5.39. The molecule has 0 radical (unpaired) electrons. The van der Waals surface area contributed by atoms with Gasteiger partial charge in [-0.2, -0.15) is 5.10 Å². The molecule has 35 heavy (non-hydrogen) atoms. The number of H-pyrrole nitrogens is 1. The molecule has 6 rings (SSSR count). The van der Waals surface area contributed by atoms with Crippen molar-refractivity contribution in [1.29, 1.82) is 0 Å². The first-order valence-corrected chi connectivity index (χ1v) is 12.0. The summed E-state index contributed by atoms with van der Waals surface area (Å²) < 4.78 is 1.87. The summed E-state index contributed by atoms with van der Waals surface area (Å²) in [5, 5.41) is 8.59. The highest BCUT2D eigenvalue weighted by atomic mass is 16.2. The van der Waals surface area contributed by atoms with E-state index in [1.54, 1.807) is 4.90 Å². The fourth-order valence-electron chi connectivity index (χ4n) is 5.20. The van der Waals surface area contributed by atoms with Crippen LogP contribution in [0.4, 0.5) is 0 Å². The fourth-order valence-corrected chi connectivity index (χ4v) is 5.20. The van der Waals surface area contributed by atoms with Crippen LogP contribution in [0, 0.1) is 6.92 Å². The summed E-state index contributed by atoms with van der Waals surface area (Å²) in [5.74, 6) is -0.0683. The molecule has 2 amide bonds. The van der Waals surface area contributed by atoms with E-state index in [-0.39, 0.29) is 11.8 Å². The Morgan fingerprint density at radius 3 is 2.74 bits per heavy atom. The second-order valence-electron chi connectivity index (χ2n) is 9.54. The topological polar surface area (TPSA) is 86.3 Å². The van der Waals surface area contributed by atoms with E-state index in [9.17, 15) is 9.59 Å². The molecule has 2 fully saturated rings. The minimum atomic E-state index is -0.530. The zero-order chi connectivity index (χ0) is 23.9. The SMILES string of the molecule is Cc1ccc(-n2cc(CN3CCN4C(=O)[C@H](Cc5c[nH]c6ccccc56)NC(=O)[C@H]4C3)cn2)cc1. The number of nitrogens with one attached hydrogen (secondary N) is 2. The van der Waals surface area contributed by atoms with Gasteiger partial charge in [0.05, 0.1) is 11.9 Å². The lowest BCUT2D eigenvalue weighted by atomic mass is 9.98. The van der Waals surface area contributed by atoms with E-state index in [4.69, 9.17) is 0 Å². The average molecular weight is 469 g/mol. The number of benzene rings is 2. The smallest absolute Gasteiger partial charge is 0.246 e. The van der Waals surface area contributed by atoms with E-state index in [1.165, 1.54) is 5.56 Å². The van der Waals surface area contributed by atoms with Crippen LogP contribution < -0.4 is 5.32 Å². The molecule has 2 aliphatic heterocycles. The zero-order valence-electron chi connectivity index (χ0n) is 19.6. The minimum Gasteiger partial charge on any atom is -0.361 e. The third-order valence-corrected chi connectivity index (χ3v) is 7.10. The van der Waals surface area contributed by atoms with Gasteiger partial charge in [0, 0.05) is 61.5 Å². The number of aromatic nitrogens is 3. The maximum Gasteiger partial charge on any atom is 0.246 e. The first kappa shape index (κ1) is 21.6. The molecule has 4 aromatic rings. The molecule has 4 heterocycles. The van der Waals surface area contributed by atoms with Crippen molar-refractivity contribution in [3.8, 4) is 5.69 Å². The maximum absolute atomic E-state index is 13.3. The highest BCUT2D eigenvalue weighted by Crippen LogP contribution is 2.23. The number of hydrogen-bond acceptors (Lipinski definition) is 4. The van der Waals surface area contributed by atoms with Gasteiger partial charge < -0.3 is 15.2 Å². The van der Waals surface area contributed by atoms with Gasteiger partial charge in [0.2, 0.25) is 11.8 Å². The van der Waals surface area contributed by atoms with Crippen molar-refractivity contribution in [2.45, 2.75) is 32.0 Å². The molecule has 0 bridgehead atoms. The van der Waals surface area contributed by atoms with Gasteiger partial charge in [-0.25, -0.2) is 4.68 Å². The molecule has 0 saturated carbocycles. The van der Waals surface area contributed by atoms with Crippen molar-refractivity contribution in [1.82, 2.24) is 29.9 Å². The fraction of sp³-hybridized carbons (Fsp3) is 0.296. The zero-order valence-corrected chi connectivity index (χ0v) is 19.6. The summed E-state index contributed by atoms with van der Waals surface area (Å²) in [6.07, 6.45) is 6.32. The molecule has 2 atom stereocenters. The number of aryl methyl sites for hydroxylation is 1. The number of para-hydroxylation sites is 1. The monoisotopic (exact) mass is 468 g/mol. The van der Waals surface area contributed by atoms with Gasteiger partial charge >= 0.3 is 0 Å². The van der Waals surface area contributed by atoms with Gasteiger partial charge in [0.25, 0.3) is 0 Å². The van der Waals surface area contributed by atoms with Crippen LogP contribution in [0.3, 0.4) is 0 Å². The predicted molar refractivity (Wildman–Crippen MR) is 133 cm³/mol. The highest BCUT2D eigenvalue weighted by Gasteiger charge is 2.43. The maximum atomic E-state index is 13.3. The van der Waals surface area contributed by atoms with E-state index in [0.717, 1.165) is 34.3 Å². The normalized spacial score (nSPS) is 20.8. The molecule has 2 aliphatic rings. The number of piperazine rings is 2. The number of hydrogen-bond donors (Lipinski definition) is 2. The first-order valence-electron chi connectivity index (χ1n) is 12.0. The minimum absolute atomic E-state index is 0.00622. The van der Waals surface area contributed by atoms with Crippen molar-refractivity contribution in [2.24, 2.45) is 0 Å². The van der Waals surface area contributed by atoms with Gasteiger partial charge in [-0.1, -0.05) is 35.9 Å². The number of carbonyl (C=O) groups excluding carboxylic acids is 2. The second kappa shape index (κ2) is 8.70. The molecular formula is C27H28N6O2. The molecule has 0 unspecified atom stereocenters. The average Bonchev–Trinajstić information content (AvgIpc) is 3.50. The Morgan fingerprint density at radius 1 is 1.06 bits per heavy atom. The van der Waals surface area contributed by atoms with Crippen molar-refractivity contribution in [3.05, 3.63) is 83.8 Å². The summed E-state index contributed by atoms with van der Waals surface area (Å²) in [4.78, 5) is 33.6. The molecule has 2 aromatic heterocycles. The number of carbonyl (C=O) groups is 2. The highest BCUT2D eigenvalue weighted by molar-refractivity contribution is 5.98. The third kappa shape index (κ3) is 4.10. The van der Waals surface area contributed by atoms with Crippen LogP contribution in [0.5, 0.6) is 0 Å². The predicted octanol–water partition coefficient (Wildman–Crippen LogP) is 2.42. The van der Waals surface area contributed by atoms with Crippen molar-refractivity contribution in [3.63, 3.8) is 0 Å². The van der Waals surface area contributed by atoms with Gasteiger partial charge in [-0.05, 0) is 30.7 Å². The molecule has 8 heteroatoms. The van der Waals surface area contributed by atoms with Crippen LogP contribution in [0.25, 0.3) is 16.6 Å². The van der Waals surface area contributed by atoms with Crippen LogP contribution in [-0.2, 0) is 22.6 Å². The van der Waals surface area contributed by atoms with Crippen LogP contribution in [0.2, 0.25) is 0 Å². The molecule has 2 aromatic carbocycles. The Morgan fingerprint density at radius 2 is 1.89 bits per heavy atom. The lowest BCUT2D eigenvalue weighted by Gasteiger charge is -2.45. The quantitative estimate of drug-likeness (QED) is 0.471. The van der Waals surface area contributed by atoms with Gasteiger partial charge in [0.15, 0.2) is 0 Å². The van der Waals surface area contributed by atoms with Crippen LogP contribution in [0.15, 0.2) is 67.1 Å². The molecule has 0 spiro atoms. The van der Waals surface area contributed by atoms with Crippen LogP contribution >= 0.6 is 0 Å². The molecule has 8 nitrogen and oxygen atoms in total. The van der Waals surface area contributed by atoms with E-state index in [2.05, 4.69) is 51.5 Å². The van der Waals surface area contributed by atoms with Crippen molar-refractivity contribution in [2.75, 3.05) is 19.6 Å². The second-order valence-corrected chi connectivity index (χ2v) is 9.54. The number of rotatable bonds is 5. The summed E-state index contributed by atoms with van der Waals surface area (Å²) >= 11 is 0. The molecule has 0 aliphatic carbocycles. The van der Waals surface area contributed by atoms with E-state index in [0.29, 0.717) is 26.1 Å². The molecule has 2 saturated heterocycles. The Labute approximate surface area is 203 Å². The van der Waals surface area contributed by atoms with Gasteiger partial charge in [-0.15, -0.1) is 0 Å². The summed E-state index contributed by atoms with van der Waals surface area (Å²) in [6, 6.07) is 15.3. The van der Waals surface area contributed by atoms with Gasteiger partial charge in [0.1, 0.15) is 12.1 Å². The number of nitrogens with zero attached hydrogens (tertiary/aromatic N) is 4. The number of amides is 2. The Kier molecular flexibility index (Phi) is 5.37. The lowest BCUT2D eigenvalue weighted by Crippen LogP contribution is -2.69. The third-order valence-electron chi connectivity index (χ3n) is 7.10. The molecular weight excluding hydrogens is 440 g/mol. The van der Waals surface area contributed by atoms with Gasteiger partial charge in [-0.3, -0.25) is 14.5 Å². The van der Waals surface area contributed by atoms with Crippen molar-refractivity contribution >= 4 is 22.7 Å². The Bertz CT molecular complexity index is 1390. The Balaban J connectivity index is 1.11. The standard InChI is InChI=1S/C27H28N6O2/c1-18-6-8-21(9-7-18)33-16-19(13-29-33)15-31-10-11-32-25(17-31)26(34)30-24(27(32)35)12-20-14-28-23-5-3-2-4-22(20)23/h2-9,13-14,16,24-25,28H,10-12,15,17H2,1H3,(H,30,34)/t24-,25+/m0/s1. The van der Waals surface area contributed by atoms with E-state index < -0.39 is 12.1 Å². The van der Waals surface area contributed by atoms with Crippen molar-refractivity contribution < 1.29 is 9.59 Å². The summed E-state index contributed by atoms with van der Waals surface area (Å²) in [6.45, 7) is 4.55. The number of aromatic amines is 1. The first-order chi connectivity index (χ1) is 17.0. The largest absolute Gasteiger partial charge is 0.361 e. The molecule has 2 N–H and O–H groups in total. The lowest BCUT2D eigenvalue weighted by molar-refractivity contribution is -0.153. The van der Waals surface area contributed by atoms with Crippen LogP contribution in [-0.4, -0.2) is 68.1 Å². The van der Waals surface area contributed by atoms with E-state index >= 15 is 0 Å². The van der Waals surface area contributed by atoms with E-state index in [1.807, 2.05) is 47.5 Å². The Hall–Kier alpha value is -3.91. The molecule has 178 valence electrons. The van der Waals surface area contributed by atoms with Crippen LogP contribution in [0.1, 0.15) is 16.7 Å². The number of fused-ring (bicyclic) bond motifs is 2. The summed E-state index contributed by atoms with van der Waals surface area (Å²) in [7, 11) is 0.